The quantitative estimate of drug-likeness (QED) is 0.718. The molecule has 5 heteroatoms. The molecule has 2 rings (SSSR count). The van der Waals surface area contributed by atoms with Crippen LogP contribution in [0.2, 0.25) is 0 Å². The fourth-order valence-electron chi connectivity index (χ4n) is 2.82. The van der Waals surface area contributed by atoms with E-state index in [0.717, 1.165) is 26.0 Å². The van der Waals surface area contributed by atoms with Crippen molar-refractivity contribution in [1.29, 1.82) is 0 Å². The van der Waals surface area contributed by atoms with Gasteiger partial charge in [0.2, 0.25) is 11.8 Å². The van der Waals surface area contributed by atoms with E-state index in [9.17, 15) is 9.59 Å². The lowest BCUT2D eigenvalue weighted by molar-refractivity contribution is -0.152. The predicted molar refractivity (Wildman–Crippen MR) is 80.7 cm³/mol. The first-order valence-corrected chi connectivity index (χ1v) is 7.83. The molecule has 1 unspecified atom stereocenters. The number of amides is 2. The molecule has 5 nitrogen and oxygen atoms in total. The van der Waals surface area contributed by atoms with Crippen LogP contribution in [0.3, 0.4) is 0 Å². The van der Waals surface area contributed by atoms with Crippen LogP contribution in [0.25, 0.3) is 0 Å². The molecule has 2 amide bonds. The lowest BCUT2D eigenvalue weighted by Crippen LogP contribution is -2.58. The minimum absolute atomic E-state index is 0.0614. The highest BCUT2D eigenvalue weighted by molar-refractivity contribution is 5.88. The standard InChI is InChI=1S/C16H26N2O3/c1-4-15(19)17-7-5-6-13(8-17)16(20)18-9-14(10-18)21-11-12(2)3/h4,12-14H,1,5-11H2,2-3H3. The molecule has 118 valence electrons. The minimum atomic E-state index is -0.0748. The molecule has 0 aromatic rings. The third kappa shape index (κ3) is 4.06. The van der Waals surface area contributed by atoms with Gasteiger partial charge < -0.3 is 14.5 Å². The van der Waals surface area contributed by atoms with Gasteiger partial charge in [-0.3, -0.25) is 9.59 Å². The number of likely N-dealkylation sites (tertiary alicyclic amines) is 2. The number of piperidine rings is 1. The molecule has 2 fully saturated rings. The number of carbonyl (C=O) groups excluding carboxylic acids is 2. The molecule has 0 aliphatic carbocycles. The zero-order valence-corrected chi connectivity index (χ0v) is 13.1. The van der Waals surface area contributed by atoms with Crippen molar-refractivity contribution in [3.8, 4) is 0 Å². The summed E-state index contributed by atoms with van der Waals surface area (Å²) in [7, 11) is 0. The van der Waals surface area contributed by atoms with Gasteiger partial charge in [-0.05, 0) is 24.8 Å². The average Bonchev–Trinajstić information content (AvgIpc) is 2.44. The van der Waals surface area contributed by atoms with E-state index in [1.165, 1.54) is 6.08 Å². The highest BCUT2D eigenvalue weighted by Gasteiger charge is 2.37. The second kappa shape index (κ2) is 7.07. The molecule has 2 aliphatic heterocycles. The summed E-state index contributed by atoms with van der Waals surface area (Å²) >= 11 is 0. The Kier molecular flexibility index (Phi) is 5.39. The van der Waals surface area contributed by atoms with Crippen LogP contribution in [-0.4, -0.2) is 60.5 Å². The van der Waals surface area contributed by atoms with Crippen LogP contribution in [0.5, 0.6) is 0 Å². The first-order chi connectivity index (χ1) is 10.0. The van der Waals surface area contributed by atoms with Crippen LogP contribution in [0.4, 0.5) is 0 Å². The first kappa shape index (κ1) is 16.0. The summed E-state index contributed by atoms with van der Waals surface area (Å²) in [6.07, 6.45) is 3.27. The van der Waals surface area contributed by atoms with Crippen molar-refractivity contribution in [2.45, 2.75) is 32.8 Å². The zero-order valence-electron chi connectivity index (χ0n) is 13.1. The fourth-order valence-corrected chi connectivity index (χ4v) is 2.82. The molecule has 0 radical (unpaired) electrons. The van der Waals surface area contributed by atoms with Gasteiger partial charge in [0.15, 0.2) is 0 Å². The van der Waals surface area contributed by atoms with Gasteiger partial charge in [-0.15, -0.1) is 0 Å². The summed E-state index contributed by atoms with van der Waals surface area (Å²) in [5.41, 5.74) is 0. The third-order valence-electron chi connectivity index (χ3n) is 4.08. The molecule has 21 heavy (non-hydrogen) atoms. The fraction of sp³-hybridized carbons (Fsp3) is 0.750. The van der Waals surface area contributed by atoms with Gasteiger partial charge in [-0.1, -0.05) is 20.4 Å². The molecule has 0 aromatic carbocycles. The lowest BCUT2D eigenvalue weighted by atomic mass is 9.94. The largest absolute Gasteiger partial charge is 0.374 e. The first-order valence-electron chi connectivity index (χ1n) is 7.83. The maximum absolute atomic E-state index is 12.4. The van der Waals surface area contributed by atoms with Crippen molar-refractivity contribution in [1.82, 2.24) is 9.80 Å². The Bertz CT molecular complexity index is 402. The van der Waals surface area contributed by atoms with Crippen LogP contribution in [0.15, 0.2) is 12.7 Å². The molecule has 0 saturated carbocycles. The molecule has 0 aromatic heterocycles. The van der Waals surface area contributed by atoms with Gasteiger partial charge >= 0.3 is 0 Å². The van der Waals surface area contributed by atoms with Crippen molar-refractivity contribution in [2.75, 3.05) is 32.8 Å². The highest BCUT2D eigenvalue weighted by Crippen LogP contribution is 2.23. The molecule has 0 N–H and O–H groups in total. The van der Waals surface area contributed by atoms with E-state index in [0.29, 0.717) is 25.6 Å². The maximum atomic E-state index is 12.4. The number of rotatable bonds is 5. The Morgan fingerprint density at radius 2 is 2.00 bits per heavy atom. The summed E-state index contributed by atoms with van der Waals surface area (Å²) in [5, 5.41) is 0. The van der Waals surface area contributed by atoms with E-state index in [1.54, 1.807) is 4.90 Å². The van der Waals surface area contributed by atoms with Gasteiger partial charge in [0.1, 0.15) is 0 Å². The highest BCUT2D eigenvalue weighted by atomic mass is 16.5. The van der Waals surface area contributed by atoms with Gasteiger partial charge in [0, 0.05) is 32.8 Å². The molecular formula is C16H26N2O3. The molecular weight excluding hydrogens is 268 g/mol. The van der Waals surface area contributed by atoms with E-state index in [-0.39, 0.29) is 23.8 Å². The van der Waals surface area contributed by atoms with Gasteiger partial charge in [-0.2, -0.15) is 0 Å². The topological polar surface area (TPSA) is 49.9 Å². The summed E-state index contributed by atoms with van der Waals surface area (Å²) in [6.45, 7) is 11.1. The van der Waals surface area contributed by atoms with Crippen molar-refractivity contribution in [3.63, 3.8) is 0 Å². The molecule has 1 atom stereocenters. The number of hydrogen-bond donors (Lipinski definition) is 0. The van der Waals surface area contributed by atoms with Crippen molar-refractivity contribution >= 4 is 11.8 Å². The summed E-state index contributed by atoms with van der Waals surface area (Å²) in [6, 6.07) is 0. The Morgan fingerprint density at radius 1 is 1.29 bits per heavy atom. The third-order valence-corrected chi connectivity index (χ3v) is 4.08. The molecule has 0 spiro atoms. The normalized spacial score (nSPS) is 23.1. The Balaban J connectivity index is 1.76. The molecule has 2 aliphatic rings. The van der Waals surface area contributed by atoms with Gasteiger partial charge in [0.25, 0.3) is 0 Å². The van der Waals surface area contributed by atoms with E-state index in [4.69, 9.17) is 4.74 Å². The monoisotopic (exact) mass is 294 g/mol. The molecule has 0 bridgehead atoms. The van der Waals surface area contributed by atoms with E-state index in [2.05, 4.69) is 20.4 Å². The Morgan fingerprint density at radius 3 is 2.62 bits per heavy atom. The van der Waals surface area contributed by atoms with Gasteiger partial charge in [0.05, 0.1) is 12.0 Å². The Labute approximate surface area is 126 Å². The number of nitrogens with zero attached hydrogens (tertiary/aromatic N) is 2. The van der Waals surface area contributed by atoms with Crippen molar-refractivity contribution in [2.24, 2.45) is 11.8 Å². The van der Waals surface area contributed by atoms with Crippen molar-refractivity contribution in [3.05, 3.63) is 12.7 Å². The van der Waals surface area contributed by atoms with Crippen LogP contribution in [0, 0.1) is 11.8 Å². The number of carbonyl (C=O) groups is 2. The van der Waals surface area contributed by atoms with E-state index in [1.807, 2.05) is 4.90 Å². The second-order valence-corrected chi connectivity index (χ2v) is 6.42. The average molecular weight is 294 g/mol. The summed E-state index contributed by atoms with van der Waals surface area (Å²) < 4.78 is 5.71. The van der Waals surface area contributed by atoms with Crippen LogP contribution < -0.4 is 0 Å². The van der Waals surface area contributed by atoms with Crippen molar-refractivity contribution < 1.29 is 14.3 Å². The molecule has 2 heterocycles. The smallest absolute Gasteiger partial charge is 0.245 e. The number of ether oxygens (including phenoxy) is 1. The Hall–Kier alpha value is -1.36. The second-order valence-electron chi connectivity index (χ2n) is 6.42. The van der Waals surface area contributed by atoms with E-state index < -0.39 is 0 Å². The summed E-state index contributed by atoms with van der Waals surface area (Å²) in [5.74, 6) is 0.551. The number of hydrogen-bond acceptors (Lipinski definition) is 3. The van der Waals surface area contributed by atoms with Crippen LogP contribution >= 0.6 is 0 Å². The maximum Gasteiger partial charge on any atom is 0.245 e. The summed E-state index contributed by atoms with van der Waals surface area (Å²) in [4.78, 5) is 27.7. The minimum Gasteiger partial charge on any atom is -0.374 e. The molecule has 2 saturated heterocycles. The zero-order chi connectivity index (χ0) is 15.4. The lowest BCUT2D eigenvalue weighted by Gasteiger charge is -2.42. The predicted octanol–water partition coefficient (Wildman–Crippen LogP) is 1.29. The van der Waals surface area contributed by atoms with E-state index >= 15 is 0 Å². The van der Waals surface area contributed by atoms with Gasteiger partial charge in [-0.25, -0.2) is 0 Å². The van der Waals surface area contributed by atoms with Crippen LogP contribution in [0.1, 0.15) is 26.7 Å². The SMILES string of the molecule is C=CC(=O)N1CCCC(C(=O)N2CC(OCC(C)C)C2)C1. The van der Waals surface area contributed by atoms with Crippen LogP contribution in [-0.2, 0) is 14.3 Å².